The molecule has 0 radical (unpaired) electrons. The minimum atomic E-state index is -4.38. The summed E-state index contributed by atoms with van der Waals surface area (Å²) in [7, 11) is 0. The molecule has 1 aliphatic carbocycles. The predicted octanol–water partition coefficient (Wildman–Crippen LogP) is 1.15. The Morgan fingerprint density at radius 2 is 1.95 bits per heavy atom. The van der Waals surface area contributed by atoms with E-state index in [9.17, 15) is 18.0 Å². The van der Waals surface area contributed by atoms with Gasteiger partial charge in [0, 0.05) is 19.1 Å². The van der Waals surface area contributed by atoms with Crippen LogP contribution in [0.2, 0.25) is 0 Å². The van der Waals surface area contributed by atoms with E-state index in [0.717, 1.165) is 19.3 Å². The molecule has 1 aliphatic heterocycles. The molecule has 0 bridgehead atoms. The Morgan fingerprint density at radius 1 is 1.26 bits per heavy atom. The number of ether oxygens (including phenoxy) is 1. The van der Waals surface area contributed by atoms with Crippen LogP contribution in [-0.2, 0) is 9.53 Å². The molecule has 0 aromatic heterocycles. The maximum Gasteiger partial charge on any atom is 0.411 e. The Kier molecular flexibility index (Phi) is 4.35. The Bertz CT molecular complexity index is 335. The number of halogens is 3. The fourth-order valence-electron chi connectivity index (χ4n) is 3.02. The molecule has 3 atom stereocenters. The van der Waals surface area contributed by atoms with Gasteiger partial charge in [-0.1, -0.05) is 0 Å². The van der Waals surface area contributed by atoms with Crippen LogP contribution < -0.4 is 5.73 Å². The number of hydrogen-bond acceptors (Lipinski definition) is 3. The van der Waals surface area contributed by atoms with Gasteiger partial charge in [0.15, 0.2) is 0 Å². The molecule has 0 aromatic carbocycles. The molecule has 2 aliphatic rings. The number of amides is 1. The van der Waals surface area contributed by atoms with E-state index in [0.29, 0.717) is 24.9 Å². The van der Waals surface area contributed by atoms with Crippen LogP contribution in [-0.4, -0.2) is 49.3 Å². The highest BCUT2D eigenvalue weighted by Gasteiger charge is 2.38. The third-order valence-electron chi connectivity index (χ3n) is 3.93. The lowest BCUT2D eigenvalue weighted by molar-refractivity contribution is -0.177. The summed E-state index contributed by atoms with van der Waals surface area (Å²) >= 11 is 0. The quantitative estimate of drug-likeness (QED) is 0.843. The van der Waals surface area contributed by atoms with E-state index in [1.54, 1.807) is 4.90 Å². The van der Waals surface area contributed by atoms with Crippen LogP contribution >= 0.6 is 0 Å². The van der Waals surface area contributed by atoms with Crippen molar-refractivity contribution in [2.45, 2.75) is 31.5 Å². The normalized spacial score (nSPS) is 31.4. The van der Waals surface area contributed by atoms with Crippen molar-refractivity contribution in [1.29, 1.82) is 0 Å². The van der Waals surface area contributed by atoms with Crippen molar-refractivity contribution in [2.24, 2.45) is 17.6 Å². The average Bonchev–Trinajstić information content (AvgIpc) is 2.70. The van der Waals surface area contributed by atoms with Gasteiger partial charge in [0.2, 0.25) is 5.91 Å². The van der Waals surface area contributed by atoms with E-state index in [4.69, 9.17) is 5.73 Å². The summed E-state index contributed by atoms with van der Waals surface area (Å²) in [6.07, 6.45) is -1.52. The molecule has 2 fully saturated rings. The van der Waals surface area contributed by atoms with Gasteiger partial charge in [-0.2, -0.15) is 13.2 Å². The zero-order chi connectivity index (χ0) is 14.0. The highest BCUT2D eigenvalue weighted by molar-refractivity contribution is 5.77. The first-order chi connectivity index (χ1) is 8.85. The van der Waals surface area contributed by atoms with Gasteiger partial charge in [-0.3, -0.25) is 4.79 Å². The monoisotopic (exact) mass is 280 g/mol. The van der Waals surface area contributed by atoms with Gasteiger partial charge in [0.1, 0.15) is 13.2 Å². The van der Waals surface area contributed by atoms with Crippen molar-refractivity contribution in [1.82, 2.24) is 4.90 Å². The topological polar surface area (TPSA) is 55.6 Å². The van der Waals surface area contributed by atoms with Gasteiger partial charge >= 0.3 is 6.18 Å². The van der Waals surface area contributed by atoms with E-state index in [-0.39, 0.29) is 11.9 Å². The third kappa shape index (κ3) is 4.07. The zero-order valence-electron chi connectivity index (χ0n) is 10.7. The third-order valence-corrected chi connectivity index (χ3v) is 3.93. The number of carbonyl (C=O) groups is 1. The van der Waals surface area contributed by atoms with Gasteiger partial charge in [-0.05, 0) is 31.1 Å². The molecule has 1 unspecified atom stereocenters. The fourth-order valence-corrected chi connectivity index (χ4v) is 3.02. The number of rotatable bonds is 3. The molecular weight excluding hydrogens is 261 g/mol. The standard InChI is InChI=1S/C12H19F3N2O2/c13-12(14,15)7-19-6-11(18)17-4-8-1-2-10(16)3-9(8)5-17/h8-10H,1-7,16H2/t8-,9+,10?/m1/s1. The molecule has 0 aromatic rings. The number of nitrogens with zero attached hydrogens (tertiary/aromatic N) is 1. The Morgan fingerprint density at radius 3 is 2.63 bits per heavy atom. The summed E-state index contributed by atoms with van der Waals surface area (Å²) in [5.74, 6) is 0.494. The molecule has 2 N–H and O–H groups in total. The van der Waals surface area contributed by atoms with Crippen molar-refractivity contribution in [3.8, 4) is 0 Å². The van der Waals surface area contributed by atoms with Crippen LogP contribution in [0.15, 0.2) is 0 Å². The van der Waals surface area contributed by atoms with E-state index < -0.39 is 19.4 Å². The van der Waals surface area contributed by atoms with E-state index in [2.05, 4.69) is 4.74 Å². The summed E-state index contributed by atoms with van der Waals surface area (Å²) in [6, 6.07) is 0.192. The van der Waals surface area contributed by atoms with E-state index >= 15 is 0 Å². The first-order valence-electron chi connectivity index (χ1n) is 6.53. The first kappa shape index (κ1) is 14.6. The molecule has 1 saturated heterocycles. The van der Waals surface area contributed by atoms with Crippen molar-refractivity contribution >= 4 is 5.91 Å². The summed E-state index contributed by atoms with van der Waals surface area (Å²) in [4.78, 5) is 13.4. The maximum atomic E-state index is 11.9. The van der Waals surface area contributed by atoms with Gasteiger partial charge in [0.25, 0.3) is 0 Å². The molecule has 1 amide bonds. The second-order valence-electron chi connectivity index (χ2n) is 5.50. The van der Waals surface area contributed by atoms with E-state index in [1.165, 1.54) is 0 Å². The largest absolute Gasteiger partial charge is 0.411 e. The van der Waals surface area contributed by atoms with Gasteiger partial charge in [0.05, 0.1) is 0 Å². The summed E-state index contributed by atoms with van der Waals surface area (Å²) in [5.41, 5.74) is 5.89. The van der Waals surface area contributed by atoms with Crippen LogP contribution in [0.1, 0.15) is 19.3 Å². The van der Waals surface area contributed by atoms with Gasteiger partial charge < -0.3 is 15.4 Å². The van der Waals surface area contributed by atoms with Gasteiger partial charge in [-0.15, -0.1) is 0 Å². The smallest absolute Gasteiger partial charge is 0.362 e. The zero-order valence-corrected chi connectivity index (χ0v) is 10.7. The molecule has 1 heterocycles. The Labute approximate surface area is 110 Å². The first-order valence-corrected chi connectivity index (χ1v) is 6.53. The lowest BCUT2D eigenvalue weighted by Crippen LogP contribution is -2.34. The van der Waals surface area contributed by atoms with Crippen molar-refractivity contribution in [2.75, 3.05) is 26.3 Å². The summed E-state index contributed by atoms with van der Waals surface area (Å²) < 4.78 is 40.1. The van der Waals surface area contributed by atoms with E-state index in [1.807, 2.05) is 0 Å². The lowest BCUT2D eigenvalue weighted by atomic mass is 9.79. The molecule has 7 heteroatoms. The van der Waals surface area contributed by atoms with Crippen molar-refractivity contribution in [3.05, 3.63) is 0 Å². The van der Waals surface area contributed by atoms with Crippen LogP contribution in [0.25, 0.3) is 0 Å². The number of alkyl halides is 3. The van der Waals surface area contributed by atoms with Gasteiger partial charge in [-0.25, -0.2) is 0 Å². The van der Waals surface area contributed by atoms with Crippen LogP contribution in [0.5, 0.6) is 0 Å². The number of nitrogens with two attached hydrogens (primary N) is 1. The molecule has 19 heavy (non-hydrogen) atoms. The van der Waals surface area contributed by atoms with Crippen LogP contribution in [0.3, 0.4) is 0 Å². The van der Waals surface area contributed by atoms with Crippen molar-refractivity contribution < 1.29 is 22.7 Å². The number of carbonyl (C=O) groups excluding carboxylic acids is 1. The molecule has 2 rings (SSSR count). The molecule has 110 valence electrons. The SMILES string of the molecule is NC1CC[C@@H]2CN(C(=O)COCC(F)(F)F)C[C@@H]2C1. The number of fused-ring (bicyclic) bond motifs is 1. The summed E-state index contributed by atoms with van der Waals surface area (Å²) in [6.45, 7) is -0.631. The van der Waals surface area contributed by atoms with Crippen molar-refractivity contribution in [3.63, 3.8) is 0 Å². The highest BCUT2D eigenvalue weighted by atomic mass is 19.4. The predicted molar refractivity (Wildman–Crippen MR) is 62.3 cm³/mol. The summed E-state index contributed by atoms with van der Waals surface area (Å²) in [5, 5.41) is 0. The number of likely N-dealkylation sites (tertiary alicyclic amines) is 1. The van der Waals surface area contributed by atoms with Crippen LogP contribution in [0.4, 0.5) is 13.2 Å². The highest BCUT2D eigenvalue weighted by Crippen LogP contribution is 2.35. The minimum absolute atomic E-state index is 0.192. The molecule has 0 spiro atoms. The Balaban J connectivity index is 1.75. The molecular formula is C12H19F3N2O2. The average molecular weight is 280 g/mol. The second kappa shape index (κ2) is 5.66. The number of hydrogen-bond donors (Lipinski definition) is 1. The van der Waals surface area contributed by atoms with Crippen LogP contribution in [0, 0.1) is 11.8 Å². The molecule has 4 nitrogen and oxygen atoms in total. The maximum absolute atomic E-state index is 11.9. The fraction of sp³-hybridized carbons (Fsp3) is 0.917. The minimum Gasteiger partial charge on any atom is -0.362 e. The molecule has 1 saturated carbocycles. The lowest BCUT2D eigenvalue weighted by Gasteiger charge is -2.27. The second-order valence-corrected chi connectivity index (χ2v) is 5.50. The Hall–Kier alpha value is -0.820.